The largest absolute Gasteiger partial charge is 0.481 e. The van der Waals surface area contributed by atoms with Gasteiger partial charge in [-0.3, -0.25) is 9.59 Å². The first-order chi connectivity index (χ1) is 17.1. The first-order valence-electron chi connectivity index (χ1n) is 11.3. The van der Waals surface area contributed by atoms with Crippen molar-refractivity contribution in [2.45, 2.75) is 40.5 Å². The molecule has 0 aromatic heterocycles. The van der Waals surface area contributed by atoms with Gasteiger partial charge in [-0.1, -0.05) is 6.92 Å². The minimum Gasteiger partial charge on any atom is -0.481 e. The van der Waals surface area contributed by atoms with E-state index in [2.05, 4.69) is 10.1 Å². The molecule has 1 aliphatic rings. The van der Waals surface area contributed by atoms with E-state index >= 15 is 0 Å². The van der Waals surface area contributed by atoms with Crippen molar-refractivity contribution in [3.05, 3.63) is 53.1 Å². The van der Waals surface area contributed by atoms with Crippen molar-refractivity contribution >= 4 is 46.3 Å². The average Bonchev–Trinajstić information content (AvgIpc) is 3.11. The van der Waals surface area contributed by atoms with Gasteiger partial charge < -0.3 is 10.2 Å². The number of hydrazone groups is 1. The zero-order valence-corrected chi connectivity index (χ0v) is 20.5. The van der Waals surface area contributed by atoms with Crippen molar-refractivity contribution in [2.24, 2.45) is 10.1 Å². The maximum atomic E-state index is 13.1. The Morgan fingerprint density at radius 2 is 1.72 bits per heavy atom. The lowest BCUT2D eigenvalue weighted by Crippen LogP contribution is -2.27. The summed E-state index contributed by atoms with van der Waals surface area (Å²) in [7, 11) is 0. The monoisotopic (exact) mass is 496 g/mol. The highest BCUT2D eigenvalue weighted by molar-refractivity contribution is 6.71. The average molecular weight is 497 g/mol. The fourth-order valence-corrected chi connectivity index (χ4v) is 3.50. The lowest BCUT2D eigenvalue weighted by atomic mass is 10.1. The molecule has 0 atom stereocenters. The molecule has 0 bridgehead atoms. The number of amides is 1. The molecule has 190 valence electrons. The van der Waals surface area contributed by atoms with Gasteiger partial charge in [0, 0.05) is 0 Å². The minimum absolute atomic E-state index is 0.0751. The molecule has 1 heterocycles. The van der Waals surface area contributed by atoms with Crippen LogP contribution in [-0.4, -0.2) is 52.6 Å². The number of carbonyl (C=O) groups is 3. The first-order valence-corrected chi connectivity index (χ1v) is 11.3. The van der Waals surface area contributed by atoms with E-state index in [1.165, 1.54) is 34.3 Å². The number of carboxylic acids is 2. The van der Waals surface area contributed by atoms with Crippen LogP contribution in [0.25, 0.3) is 0 Å². The van der Waals surface area contributed by atoms with Crippen LogP contribution in [0.4, 0.5) is 17.1 Å². The smallest absolute Gasteiger partial charge is 0.335 e. The summed E-state index contributed by atoms with van der Waals surface area (Å²) in [5.74, 6) is -2.46. The third-order valence-corrected chi connectivity index (χ3v) is 5.29. The van der Waals surface area contributed by atoms with Crippen LogP contribution in [0.5, 0.6) is 0 Å². The van der Waals surface area contributed by atoms with Crippen molar-refractivity contribution in [1.82, 2.24) is 0 Å². The molecule has 0 saturated carbocycles. The molecule has 2 aromatic carbocycles. The lowest BCUT2D eigenvalue weighted by Gasteiger charge is -2.23. The third kappa shape index (κ3) is 6.12. The third-order valence-electron chi connectivity index (χ3n) is 5.29. The van der Waals surface area contributed by atoms with E-state index < -0.39 is 17.8 Å². The van der Waals surface area contributed by atoms with E-state index in [0.29, 0.717) is 29.4 Å². The van der Waals surface area contributed by atoms with E-state index in [4.69, 9.17) is 20.1 Å². The van der Waals surface area contributed by atoms with Crippen LogP contribution < -0.4 is 10.1 Å². The zero-order valence-electron chi connectivity index (χ0n) is 20.5. The molecule has 11 heteroatoms. The first kappa shape index (κ1) is 26.5. The van der Waals surface area contributed by atoms with Crippen molar-refractivity contribution in [3.63, 3.8) is 0 Å². The van der Waals surface area contributed by atoms with E-state index in [1.54, 1.807) is 19.1 Å². The number of rotatable bonds is 11. The number of carbonyl (C=O) groups excluding carboxylic acids is 1. The molecule has 2 aromatic rings. The molecule has 0 unspecified atom stereocenters. The number of aromatic carboxylic acids is 1. The molecule has 0 fully saturated rings. The second-order valence-electron chi connectivity index (χ2n) is 8.19. The van der Waals surface area contributed by atoms with Crippen molar-refractivity contribution in [2.75, 3.05) is 23.2 Å². The van der Waals surface area contributed by atoms with Gasteiger partial charge in [-0.15, -0.1) is 4.99 Å². The number of carboxylic acid groups (broad SMARTS) is 2. The Kier molecular flexibility index (Phi) is 8.51. The molecule has 1 aliphatic heterocycles. The number of benzene rings is 2. The summed E-state index contributed by atoms with van der Waals surface area (Å²) in [5.41, 5.74) is 3.76. The van der Waals surface area contributed by atoms with E-state index in [1.807, 2.05) is 20.8 Å². The van der Waals surface area contributed by atoms with E-state index in [9.17, 15) is 14.4 Å². The molecule has 36 heavy (non-hydrogen) atoms. The Hall–Kier alpha value is -4.09. The van der Waals surface area contributed by atoms with Gasteiger partial charge >= 0.3 is 11.9 Å². The predicted molar refractivity (Wildman–Crippen MR) is 134 cm³/mol. The van der Waals surface area contributed by atoms with Crippen LogP contribution in [0.2, 0.25) is 0 Å². The minimum atomic E-state index is -1.06. The van der Waals surface area contributed by atoms with Crippen LogP contribution in [0.1, 0.15) is 48.2 Å². The van der Waals surface area contributed by atoms with E-state index in [0.717, 1.165) is 17.5 Å². The Morgan fingerprint density at radius 3 is 2.28 bits per heavy atom. The molecule has 1 amide bonds. The molecule has 0 aliphatic carbocycles. The van der Waals surface area contributed by atoms with Gasteiger partial charge in [0.15, 0.2) is 5.71 Å². The van der Waals surface area contributed by atoms with Gasteiger partial charge in [0.25, 0.3) is 5.91 Å². The Bertz CT molecular complexity index is 1200. The fraction of sp³-hybridized carbons (Fsp3) is 0.320. The summed E-state index contributed by atoms with van der Waals surface area (Å²) >= 11 is 0. The highest BCUT2D eigenvalue weighted by atomic mass is 17.3. The van der Waals surface area contributed by atoms with E-state index in [-0.39, 0.29) is 24.2 Å². The molecule has 0 radical (unpaired) electrons. The number of hydroxylamine groups is 1. The maximum Gasteiger partial charge on any atom is 0.335 e. The summed E-state index contributed by atoms with van der Waals surface area (Å²) < 4.78 is 0. The highest BCUT2D eigenvalue weighted by Gasteiger charge is 2.31. The van der Waals surface area contributed by atoms with Crippen molar-refractivity contribution in [1.29, 1.82) is 0 Å². The normalized spacial score (nSPS) is 14.3. The van der Waals surface area contributed by atoms with Gasteiger partial charge in [-0.25, -0.2) is 19.7 Å². The SMILES string of the molecule is CCCOON(CCC(=O)O)c1cc(C)c(/N=C2/C(=O)N(c3ccc(C(=O)O)cc3)N=C2C)c(C)c1. The van der Waals surface area contributed by atoms with Crippen LogP contribution >= 0.6 is 0 Å². The highest BCUT2D eigenvalue weighted by Crippen LogP contribution is 2.31. The number of aryl methyl sites for hydroxylation is 2. The summed E-state index contributed by atoms with van der Waals surface area (Å²) in [4.78, 5) is 50.4. The number of aliphatic imine (C=N–C) groups is 1. The van der Waals surface area contributed by atoms with Gasteiger partial charge in [-0.05, 0) is 74.7 Å². The fourth-order valence-electron chi connectivity index (χ4n) is 3.50. The van der Waals surface area contributed by atoms with Gasteiger partial charge in [0.2, 0.25) is 0 Å². The topological polar surface area (TPSA) is 141 Å². The van der Waals surface area contributed by atoms with Crippen LogP contribution in [0, 0.1) is 13.8 Å². The van der Waals surface area contributed by atoms with Gasteiger partial charge in [0.05, 0.1) is 47.9 Å². The summed E-state index contributed by atoms with van der Waals surface area (Å²) in [5, 5.41) is 25.0. The summed E-state index contributed by atoms with van der Waals surface area (Å²) in [6, 6.07) is 9.38. The number of nitrogens with zero attached hydrogens (tertiary/aromatic N) is 4. The standard InChI is InChI=1S/C25H28N4O7/c1-5-12-35-36-28(11-10-21(30)31)20-13-15(2)22(16(3)14-20)26-23-17(4)27-29(24(23)32)19-8-6-18(7-9-19)25(33)34/h6-9,13-14H,5,10-12H2,1-4H3,(H,30,31)(H,33,34)/b26-23+. The molecule has 0 saturated heterocycles. The summed E-state index contributed by atoms with van der Waals surface area (Å²) in [6.07, 6.45) is 0.585. The lowest BCUT2D eigenvalue weighted by molar-refractivity contribution is -0.304. The van der Waals surface area contributed by atoms with Gasteiger partial charge in [0.1, 0.15) is 0 Å². The zero-order chi connectivity index (χ0) is 26.4. The summed E-state index contributed by atoms with van der Waals surface area (Å²) in [6.45, 7) is 7.68. The number of hydrogen-bond donors (Lipinski definition) is 2. The second-order valence-corrected chi connectivity index (χ2v) is 8.19. The molecule has 2 N–H and O–H groups in total. The predicted octanol–water partition coefficient (Wildman–Crippen LogP) is 4.05. The number of anilines is 2. The van der Waals surface area contributed by atoms with Gasteiger partial charge in [-0.2, -0.15) is 10.1 Å². The Labute approximate surface area is 208 Å². The number of hydrogen-bond acceptors (Lipinski definition) is 8. The van der Waals surface area contributed by atoms with Crippen molar-refractivity contribution in [3.8, 4) is 0 Å². The van der Waals surface area contributed by atoms with Crippen LogP contribution in [-0.2, 0) is 19.5 Å². The molecular formula is C25H28N4O7. The maximum absolute atomic E-state index is 13.1. The molecule has 11 nitrogen and oxygen atoms in total. The Morgan fingerprint density at radius 1 is 1.08 bits per heavy atom. The number of aliphatic carboxylic acids is 1. The Balaban J connectivity index is 1.88. The quantitative estimate of drug-likeness (QED) is 0.270. The molecular weight excluding hydrogens is 468 g/mol. The van der Waals surface area contributed by atoms with Crippen molar-refractivity contribution < 1.29 is 34.5 Å². The second kappa shape index (κ2) is 11.6. The molecule has 0 spiro atoms. The van der Waals surface area contributed by atoms with Crippen LogP contribution in [0.15, 0.2) is 46.5 Å². The van der Waals surface area contributed by atoms with Crippen LogP contribution in [0.3, 0.4) is 0 Å². The molecule has 3 rings (SSSR count).